The highest BCUT2D eigenvalue weighted by Crippen LogP contribution is 2.34. The molecule has 0 aliphatic rings. The smallest absolute Gasteiger partial charge is 0.340 e. The summed E-state index contributed by atoms with van der Waals surface area (Å²) in [7, 11) is 0. The predicted molar refractivity (Wildman–Crippen MR) is 185 cm³/mol. The second kappa shape index (κ2) is 16.2. The van der Waals surface area contributed by atoms with Gasteiger partial charge in [-0.15, -0.1) is 0 Å². The molecule has 7 heteroatoms. The average Bonchev–Trinajstić information content (AvgIpc) is 3.10. The van der Waals surface area contributed by atoms with E-state index in [2.05, 4.69) is 39.5 Å². The first-order valence-corrected chi connectivity index (χ1v) is 15.1. The highest BCUT2D eigenvalue weighted by atomic mass is 16.5. The molecule has 0 spiro atoms. The zero-order valence-electron chi connectivity index (χ0n) is 25.6. The Hall–Kier alpha value is -5.95. The molecule has 0 heterocycles. The molecule has 5 aromatic rings. The van der Waals surface area contributed by atoms with Gasteiger partial charge < -0.3 is 19.7 Å². The first-order valence-electron chi connectivity index (χ1n) is 15.1. The Kier molecular flexibility index (Phi) is 11.1. The standard InChI is InChI=1S/C39H35N3O4/c1-2-45-38(44)36-20-12-13-21-37(36)41-39(40-27-26-30-14-6-3-7-15-30)46-35(29-43)28-31-22-24-34(25-23-31)42(32-16-8-4-9-17-32)33-18-10-5-11-19-33/h3-25,28-29H,2,26-27H2,1H3,(H,40,41)/b35-28+. The molecule has 5 aromatic carbocycles. The Bertz CT molecular complexity index is 1730. The fourth-order valence-corrected chi connectivity index (χ4v) is 4.81. The Balaban J connectivity index is 1.40. The van der Waals surface area contributed by atoms with Gasteiger partial charge in [0.1, 0.15) is 0 Å². The maximum atomic E-state index is 12.6. The van der Waals surface area contributed by atoms with Crippen molar-refractivity contribution in [3.05, 3.63) is 162 Å². The number of carbonyl (C=O) groups excluding carboxylic acids is 2. The van der Waals surface area contributed by atoms with Crippen molar-refractivity contribution in [3.63, 3.8) is 0 Å². The number of hydrogen-bond acceptors (Lipinski definition) is 6. The van der Waals surface area contributed by atoms with Crippen LogP contribution in [0.3, 0.4) is 0 Å². The number of aliphatic imine (C=N–C) groups is 1. The molecule has 5 rings (SSSR count). The third-order valence-electron chi connectivity index (χ3n) is 6.98. The van der Waals surface area contributed by atoms with Crippen molar-refractivity contribution in [1.82, 2.24) is 0 Å². The summed E-state index contributed by atoms with van der Waals surface area (Å²) in [4.78, 5) is 31.6. The van der Waals surface area contributed by atoms with Crippen molar-refractivity contribution in [2.24, 2.45) is 4.99 Å². The normalized spacial score (nSPS) is 11.4. The first-order chi connectivity index (χ1) is 22.6. The number of benzene rings is 5. The number of anilines is 4. The molecule has 0 bridgehead atoms. The number of aldehydes is 1. The van der Waals surface area contributed by atoms with Crippen LogP contribution in [0.25, 0.3) is 6.08 Å². The van der Waals surface area contributed by atoms with Crippen molar-refractivity contribution in [1.29, 1.82) is 0 Å². The van der Waals surface area contributed by atoms with Crippen LogP contribution in [0.15, 0.2) is 150 Å². The zero-order chi connectivity index (χ0) is 32.0. The van der Waals surface area contributed by atoms with Crippen LogP contribution in [0.1, 0.15) is 28.4 Å². The molecule has 0 saturated heterocycles. The summed E-state index contributed by atoms with van der Waals surface area (Å²) in [5.41, 5.74) is 5.68. The van der Waals surface area contributed by atoms with E-state index in [1.807, 2.05) is 91.0 Å². The second-order valence-electron chi connectivity index (χ2n) is 10.2. The number of carbonyl (C=O) groups is 2. The van der Waals surface area contributed by atoms with Crippen molar-refractivity contribution < 1.29 is 19.1 Å². The lowest BCUT2D eigenvalue weighted by Gasteiger charge is -2.25. The largest absolute Gasteiger partial charge is 0.462 e. The van der Waals surface area contributed by atoms with Crippen LogP contribution >= 0.6 is 0 Å². The first kappa shape index (κ1) is 31.5. The molecule has 0 aromatic heterocycles. The summed E-state index contributed by atoms with van der Waals surface area (Å²) in [5.74, 6) is -0.421. The number of rotatable bonds is 12. The summed E-state index contributed by atoms with van der Waals surface area (Å²) in [5, 5.41) is 3.10. The van der Waals surface area contributed by atoms with Gasteiger partial charge in [-0.25, -0.2) is 9.79 Å². The van der Waals surface area contributed by atoms with Crippen molar-refractivity contribution in [3.8, 4) is 0 Å². The number of hydrogen-bond donors (Lipinski definition) is 1. The molecule has 0 unspecified atom stereocenters. The van der Waals surface area contributed by atoms with Gasteiger partial charge in [-0.05, 0) is 79.1 Å². The molecule has 0 aliphatic heterocycles. The van der Waals surface area contributed by atoms with Crippen molar-refractivity contribution >= 4 is 47.1 Å². The molecule has 230 valence electrons. The van der Waals surface area contributed by atoms with E-state index in [0.717, 1.165) is 28.2 Å². The molecular weight excluding hydrogens is 574 g/mol. The number of amidine groups is 1. The number of para-hydroxylation sites is 3. The highest BCUT2D eigenvalue weighted by Gasteiger charge is 2.16. The van der Waals surface area contributed by atoms with E-state index in [9.17, 15) is 9.59 Å². The summed E-state index contributed by atoms with van der Waals surface area (Å²) in [6.07, 6.45) is 2.95. The van der Waals surface area contributed by atoms with Crippen molar-refractivity contribution in [2.45, 2.75) is 13.3 Å². The lowest BCUT2D eigenvalue weighted by molar-refractivity contribution is -0.106. The molecule has 0 radical (unpaired) electrons. The molecule has 0 atom stereocenters. The molecule has 0 fully saturated rings. The molecule has 7 nitrogen and oxygen atoms in total. The Morgan fingerprint density at radius 3 is 1.91 bits per heavy atom. The van der Waals surface area contributed by atoms with Gasteiger partial charge in [0, 0.05) is 23.6 Å². The molecule has 0 saturated carbocycles. The minimum Gasteiger partial charge on any atom is -0.462 e. The van der Waals surface area contributed by atoms with Gasteiger partial charge in [0.15, 0.2) is 12.0 Å². The summed E-state index contributed by atoms with van der Waals surface area (Å²) >= 11 is 0. The van der Waals surface area contributed by atoms with Crippen LogP contribution < -0.4 is 10.2 Å². The fraction of sp³-hybridized carbons (Fsp3) is 0.103. The second-order valence-corrected chi connectivity index (χ2v) is 10.2. The van der Waals surface area contributed by atoms with E-state index in [4.69, 9.17) is 9.47 Å². The summed E-state index contributed by atoms with van der Waals surface area (Å²) in [6, 6.07) is 45.1. The van der Waals surface area contributed by atoms with Gasteiger partial charge in [-0.1, -0.05) is 91.0 Å². The molecule has 0 amide bonds. The monoisotopic (exact) mass is 609 g/mol. The average molecular weight is 610 g/mol. The number of ether oxygens (including phenoxy) is 2. The zero-order valence-corrected chi connectivity index (χ0v) is 25.6. The Labute approximate surface area is 269 Å². The third-order valence-corrected chi connectivity index (χ3v) is 6.98. The van der Waals surface area contributed by atoms with Crippen LogP contribution in [0.2, 0.25) is 0 Å². The molecule has 46 heavy (non-hydrogen) atoms. The van der Waals surface area contributed by atoms with Gasteiger partial charge >= 0.3 is 5.97 Å². The SMILES string of the molecule is CCOC(=O)c1ccccc1NC(=NCCc1ccccc1)O/C(C=O)=C/c1ccc(N(c2ccccc2)c2ccccc2)cc1. The van der Waals surface area contributed by atoms with Crippen LogP contribution in [0, 0.1) is 0 Å². The maximum absolute atomic E-state index is 12.6. The van der Waals surface area contributed by atoms with E-state index in [-0.39, 0.29) is 18.4 Å². The molecule has 0 aliphatic carbocycles. The Morgan fingerprint density at radius 1 is 0.739 bits per heavy atom. The number of esters is 1. The Morgan fingerprint density at radius 2 is 1.30 bits per heavy atom. The van der Waals surface area contributed by atoms with Gasteiger partial charge in [-0.3, -0.25) is 4.79 Å². The van der Waals surface area contributed by atoms with Gasteiger partial charge in [0.2, 0.25) is 0 Å². The van der Waals surface area contributed by atoms with E-state index >= 15 is 0 Å². The van der Waals surface area contributed by atoms with Crippen LogP contribution in [-0.4, -0.2) is 31.4 Å². The predicted octanol–water partition coefficient (Wildman–Crippen LogP) is 8.60. The molecule has 1 N–H and O–H groups in total. The summed E-state index contributed by atoms with van der Waals surface area (Å²) < 4.78 is 11.2. The lowest BCUT2D eigenvalue weighted by atomic mass is 10.1. The minimum atomic E-state index is -0.472. The highest BCUT2D eigenvalue weighted by molar-refractivity contribution is 6.01. The topological polar surface area (TPSA) is 80.2 Å². The van der Waals surface area contributed by atoms with Crippen LogP contribution in [0.4, 0.5) is 22.7 Å². The van der Waals surface area contributed by atoms with E-state index in [1.165, 1.54) is 0 Å². The molecular formula is C39H35N3O4. The minimum absolute atomic E-state index is 0.0512. The number of allylic oxidation sites excluding steroid dienone is 1. The van der Waals surface area contributed by atoms with E-state index in [0.29, 0.717) is 30.5 Å². The number of nitrogens with zero attached hydrogens (tertiary/aromatic N) is 2. The summed E-state index contributed by atoms with van der Waals surface area (Å²) in [6.45, 7) is 2.39. The lowest BCUT2D eigenvalue weighted by Crippen LogP contribution is -2.20. The third kappa shape index (κ3) is 8.57. The fourth-order valence-electron chi connectivity index (χ4n) is 4.81. The van der Waals surface area contributed by atoms with Gasteiger partial charge in [-0.2, -0.15) is 0 Å². The van der Waals surface area contributed by atoms with Crippen LogP contribution in [-0.2, 0) is 20.7 Å². The van der Waals surface area contributed by atoms with Crippen molar-refractivity contribution in [2.75, 3.05) is 23.4 Å². The maximum Gasteiger partial charge on any atom is 0.340 e. The van der Waals surface area contributed by atoms with E-state index in [1.54, 1.807) is 37.3 Å². The van der Waals surface area contributed by atoms with Gasteiger partial charge in [0.05, 0.1) is 17.9 Å². The quantitative estimate of drug-likeness (QED) is 0.0381. The number of nitrogens with one attached hydrogen (secondary N) is 1. The van der Waals surface area contributed by atoms with Crippen LogP contribution in [0.5, 0.6) is 0 Å². The van der Waals surface area contributed by atoms with E-state index < -0.39 is 5.97 Å². The van der Waals surface area contributed by atoms with Gasteiger partial charge in [0.25, 0.3) is 6.02 Å².